The van der Waals surface area contributed by atoms with Crippen molar-refractivity contribution in [1.29, 1.82) is 5.41 Å². The highest BCUT2D eigenvalue weighted by Gasteiger charge is 1.89. The number of amidine groups is 1. The molecular weight excluding hydrogens is 115 g/mol. The summed E-state index contributed by atoms with van der Waals surface area (Å²) in [4.78, 5) is 9.79. The first-order valence-corrected chi connectivity index (χ1v) is 1.49. The van der Waals surface area contributed by atoms with Crippen LogP contribution in [-0.2, 0) is 4.79 Å². The van der Waals surface area contributed by atoms with Gasteiger partial charge in [0.2, 0.25) is 0 Å². The molecule has 4 heteroatoms. The topological polar surface area (TPSA) is 66.9 Å². The number of Topliss-reactive ketones (excluding diaryl/α,β-unsaturated/α-hetero) is 1. The zero-order chi connectivity index (χ0) is 5.15. The summed E-state index contributed by atoms with van der Waals surface area (Å²) in [5.41, 5.74) is 4.67. The van der Waals surface area contributed by atoms with Gasteiger partial charge in [-0.05, 0) is 0 Å². The Morgan fingerprint density at radius 2 is 1.86 bits per heavy atom. The van der Waals surface area contributed by atoms with Crippen molar-refractivity contribution in [2.24, 2.45) is 5.73 Å². The van der Waals surface area contributed by atoms with Gasteiger partial charge in [0, 0.05) is 6.92 Å². The second-order valence-corrected chi connectivity index (χ2v) is 0.970. The van der Waals surface area contributed by atoms with Crippen molar-refractivity contribution in [3.8, 4) is 0 Å². The normalized spacial score (nSPS) is 6.43. The van der Waals surface area contributed by atoms with Crippen LogP contribution >= 0.6 is 12.4 Å². The molecule has 0 radical (unpaired) electrons. The van der Waals surface area contributed by atoms with Gasteiger partial charge in [-0.15, -0.1) is 12.4 Å². The zero-order valence-electron chi connectivity index (χ0n) is 3.89. The third kappa shape index (κ3) is 5.43. The molecular formula is C3H7ClN2O. The maximum absolute atomic E-state index is 9.79. The van der Waals surface area contributed by atoms with Crippen LogP contribution in [0.25, 0.3) is 0 Å². The van der Waals surface area contributed by atoms with Gasteiger partial charge in [0.05, 0.1) is 0 Å². The second-order valence-electron chi connectivity index (χ2n) is 0.970. The molecule has 0 bridgehead atoms. The molecule has 0 saturated heterocycles. The number of carbonyl (C=O) groups is 1. The van der Waals surface area contributed by atoms with Crippen LogP contribution in [0.2, 0.25) is 0 Å². The van der Waals surface area contributed by atoms with Crippen molar-refractivity contribution < 1.29 is 4.79 Å². The average molecular weight is 123 g/mol. The molecule has 0 amide bonds. The quantitative estimate of drug-likeness (QED) is 0.378. The molecule has 0 aromatic rings. The van der Waals surface area contributed by atoms with Gasteiger partial charge in [-0.25, -0.2) is 0 Å². The van der Waals surface area contributed by atoms with Crippen molar-refractivity contribution in [3.05, 3.63) is 0 Å². The molecule has 0 aromatic heterocycles. The van der Waals surface area contributed by atoms with Crippen LogP contribution in [0.5, 0.6) is 0 Å². The summed E-state index contributed by atoms with van der Waals surface area (Å²) in [6.07, 6.45) is 0. The van der Waals surface area contributed by atoms with Crippen molar-refractivity contribution in [2.45, 2.75) is 6.92 Å². The first-order chi connectivity index (χ1) is 2.64. The maximum atomic E-state index is 9.79. The largest absolute Gasteiger partial charge is 0.381 e. The van der Waals surface area contributed by atoms with E-state index in [9.17, 15) is 4.79 Å². The summed E-state index contributed by atoms with van der Waals surface area (Å²) < 4.78 is 0. The third-order valence-corrected chi connectivity index (χ3v) is 0.379. The molecule has 0 saturated carbocycles. The molecule has 0 aliphatic carbocycles. The van der Waals surface area contributed by atoms with Gasteiger partial charge in [0.15, 0.2) is 11.6 Å². The smallest absolute Gasteiger partial charge is 0.193 e. The standard InChI is InChI=1S/C3H6N2O.ClH/c1-2(6)3(4)5;/h1H3,(H3,4,5);1H. The van der Waals surface area contributed by atoms with Crippen molar-refractivity contribution >= 4 is 24.0 Å². The summed E-state index contributed by atoms with van der Waals surface area (Å²) in [6.45, 7) is 1.25. The van der Waals surface area contributed by atoms with Gasteiger partial charge < -0.3 is 5.73 Å². The Morgan fingerprint density at radius 3 is 1.86 bits per heavy atom. The number of halogens is 1. The minimum Gasteiger partial charge on any atom is -0.381 e. The number of nitrogens with two attached hydrogens (primary N) is 1. The SMILES string of the molecule is CC(=O)C(=N)N.Cl. The minimum absolute atomic E-state index is 0. The van der Waals surface area contributed by atoms with Gasteiger partial charge in [-0.1, -0.05) is 0 Å². The molecule has 0 aliphatic heterocycles. The van der Waals surface area contributed by atoms with Gasteiger partial charge in [0.25, 0.3) is 0 Å². The molecule has 0 rings (SSSR count). The molecule has 0 atom stereocenters. The van der Waals surface area contributed by atoms with Crippen molar-refractivity contribution in [3.63, 3.8) is 0 Å². The molecule has 0 unspecified atom stereocenters. The highest BCUT2D eigenvalue weighted by Crippen LogP contribution is 1.58. The number of hydrogen-bond donors (Lipinski definition) is 2. The fourth-order valence-electron chi connectivity index (χ4n) is 0. The Kier molecular flexibility index (Phi) is 4.99. The molecule has 0 aromatic carbocycles. The fourth-order valence-corrected chi connectivity index (χ4v) is 0. The van der Waals surface area contributed by atoms with E-state index in [1.807, 2.05) is 0 Å². The van der Waals surface area contributed by atoms with Gasteiger partial charge in [-0.3, -0.25) is 10.2 Å². The van der Waals surface area contributed by atoms with E-state index in [-0.39, 0.29) is 24.0 Å². The molecule has 0 aliphatic rings. The van der Waals surface area contributed by atoms with E-state index in [1.165, 1.54) is 6.92 Å². The van der Waals surface area contributed by atoms with Crippen LogP contribution in [0.4, 0.5) is 0 Å². The van der Waals surface area contributed by atoms with Crippen LogP contribution in [0.3, 0.4) is 0 Å². The predicted octanol–water partition coefficient (Wildman–Crippen LogP) is -0.0668. The molecule has 0 spiro atoms. The van der Waals surface area contributed by atoms with Gasteiger partial charge in [0.1, 0.15) is 0 Å². The lowest BCUT2D eigenvalue weighted by Crippen LogP contribution is -2.18. The van der Waals surface area contributed by atoms with Crippen LogP contribution in [0.15, 0.2) is 0 Å². The van der Waals surface area contributed by atoms with Crippen molar-refractivity contribution in [2.75, 3.05) is 0 Å². The molecule has 0 fully saturated rings. The number of nitrogens with one attached hydrogen (secondary N) is 1. The van der Waals surface area contributed by atoms with E-state index in [0.717, 1.165) is 0 Å². The highest BCUT2D eigenvalue weighted by molar-refractivity contribution is 6.35. The van der Waals surface area contributed by atoms with Crippen LogP contribution in [0.1, 0.15) is 6.92 Å². The summed E-state index contributed by atoms with van der Waals surface area (Å²) in [5, 5.41) is 6.38. The van der Waals surface area contributed by atoms with Crippen LogP contribution in [0, 0.1) is 5.41 Å². The number of ketones is 1. The Labute approximate surface area is 47.8 Å². The lowest BCUT2D eigenvalue weighted by Gasteiger charge is -1.79. The number of hydrogen-bond acceptors (Lipinski definition) is 2. The lowest BCUT2D eigenvalue weighted by molar-refractivity contribution is -0.111. The van der Waals surface area contributed by atoms with E-state index in [1.54, 1.807) is 0 Å². The van der Waals surface area contributed by atoms with Crippen LogP contribution < -0.4 is 5.73 Å². The maximum Gasteiger partial charge on any atom is 0.193 e. The Hall–Kier alpha value is -0.570. The van der Waals surface area contributed by atoms with Crippen molar-refractivity contribution in [1.82, 2.24) is 0 Å². The third-order valence-electron chi connectivity index (χ3n) is 0.379. The summed E-state index contributed by atoms with van der Waals surface area (Å²) in [6, 6.07) is 0. The molecule has 3 N–H and O–H groups in total. The molecule has 7 heavy (non-hydrogen) atoms. The monoisotopic (exact) mass is 122 g/mol. The summed E-state index contributed by atoms with van der Waals surface area (Å²) in [7, 11) is 0. The number of carbonyl (C=O) groups excluding carboxylic acids is 1. The minimum atomic E-state index is -0.380. The Balaban J connectivity index is 0. The molecule has 0 heterocycles. The molecule has 3 nitrogen and oxygen atoms in total. The second kappa shape index (κ2) is 3.61. The lowest BCUT2D eigenvalue weighted by atomic mass is 10.4. The Bertz CT molecular complexity index is 78.9. The zero-order valence-corrected chi connectivity index (χ0v) is 4.71. The summed E-state index contributed by atoms with van der Waals surface area (Å²) in [5.74, 6) is -0.759. The Morgan fingerprint density at radius 1 is 1.71 bits per heavy atom. The van der Waals surface area contributed by atoms with E-state index in [2.05, 4.69) is 5.73 Å². The summed E-state index contributed by atoms with van der Waals surface area (Å²) >= 11 is 0. The molecule has 42 valence electrons. The first kappa shape index (κ1) is 9.66. The average Bonchev–Trinajstić information content (AvgIpc) is 1.36. The highest BCUT2D eigenvalue weighted by atomic mass is 35.5. The van der Waals surface area contributed by atoms with Crippen LogP contribution in [-0.4, -0.2) is 11.6 Å². The fraction of sp³-hybridized carbons (Fsp3) is 0.333. The van der Waals surface area contributed by atoms with Gasteiger partial charge >= 0.3 is 0 Å². The first-order valence-electron chi connectivity index (χ1n) is 1.49. The van der Waals surface area contributed by atoms with E-state index in [4.69, 9.17) is 5.41 Å². The van der Waals surface area contributed by atoms with Gasteiger partial charge in [-0.2, -0.15) is 0 Å². The van der Waals surface area contributed by atoms with E-state index < -0.39 is 0 Å². The van der Waals surface area contributed by atoms with E-state index >= 15 is 0 Å². The predicted molar refractivity (Wildman–Crippen MR) is 29.8 cm³/mol. The van der Waals surface area contributed by atoms with E-state index in [0.29, 0.717) is 0 Å². The number of rotatable bonds is 1.